The van der Waals surface area contributed by atoms with Crippen molar-refractivity contribution in [1.82, 2.24) is 15.5 Å². The molecule has 3 heterocycles. The molecular formula is C25H27F2N5O3. The van der Waals surface area contributed by atoms with Crippen LogP contribution in [0.25, 0.3) is 0 Å². The van der Waals surface area contributed by atoms with Gasteiger partial charge >= 0.3 is 12.1 Å². The summed E-state index contributed by atoms with van der Waals surface area (Å²) in [4.78, 5) is 42.6. The van der Waals surface area contributed by atoms with E-state index in [2.05, 4.69) is 15.5 Å². The average Bonchev–Trinajstić information content (AvgIpc) is 3.28. The lowest BCUT2D eigenvalue weighted by molar-refractivity contribution is 0.0890. The number of likely N-dealkylation sites (tertiary alicyclic amines) is 1. The van der Waals surface area contributed by atoms with Gasteiger partial charge in [-0.15, -0.1) is 0 Å². The number of fused-ring (bicyclic) bond motifs is 1. The molecule has 2 aromatic carbocycles. The molecule has 184 valence electrons. The highest BCUT2D eigenvalue weighted by Gasteiger charge is 2.45. The fourth-order valence-corrected chi connectivity index (χ4v) is 5.30. The maximum atomic E-state index is 14.3. The van der Waals surface area contributed by atoms with E-state index in [0.29, 0.717) is 50.1 Å². The molecule has 8 nitrogen and oxygen atoms in total. The summed E-state index contributed by atoms with van der Waals surface area (Å²) < 4.78 is 27.9. The number of amides is 4. The van der Waals surface area contributed by atoms with Crippen molar-refractivity contribution < 1.29 is 23.2 Å². The molecule has 0 atom stereocenters. The van der Waals surface area contributed by atoms with Crippen LogP contribution in [0, 0.1) is 11.6 Å². The molecule has 1 spiro atoms. The van der Waals surface area contributed by atoms with E-state index in [0.717, 1.165) is 5.69 Å². The molecule has 35 heavy (non-hydrogen) atoms. The molecule has 0 aliphatic carbocycles. The number of piperidine rings is 1. The van der Waals surface area contributed by atoms with Crippen LogP contribution in [-0.2, 0) is 6.54 Å². The quantitative estimate of drug-likeness (QED) is 0.702. The van der Waals surface area contributed by atoms with Crippen LogP contribution in [0.5, 0.6) is 0 Å². The fraction of sp³-hybridized carbons (Fsp3) is 0.400. The Balaban J connectivity index is 1.21. The molecule has 2 N–H and O–H groups in total. The molecule has 2 aromatic rings. The monoisotopic (exact) mass is 483 g/mol. The second-order valence-corrected chi connectivity index (χ2v) is 9.36. The van der Waals surface area contributed by atoms with Gasteiger partial charge in [0.15, 0.2) is 5.78 Å². The highest BCUT2D eigenvalue weighted by molar-refractivity contribution is 6.04. The Morgan fingerprint density at radius 2 is 1.83 bits per heavy atom. The third-order valence-electron chi connectivity index (χ3n) is 7.40. The lowest BCUT2D eigenvalue weighted by Gasteiger charge is -2.50. The Labute approximate surface area is 201 Å². The summed E-state index contributed by atoms with van der Waals surface area (Å²) in [7, 11) is 1.92. The summed E-state index contributed by atoms with van der Waals surface area (Å²) >= 11 is 0. The van der Waals surface area contributed by atoms with Gasteiger partial charge in [0.1, 0.15) is 11.6 Å². The van der Waals surface area contributed by atoms with Crippen LogP contribution in [-0.4, -0.2) is 61.5 Å². The van der Waals surface area contributed by atoms with Crippen LogP contribution in [0.4, 0.5) is 29.7 Å². The SMILES string of the molecule is CN1c2ccc(F)cc2C(=O)CC12CCN(C(=O)NCc1ccc(F)c(N3CCNC3=O)c1)CC2. The number of nitrogens with zero attached hydrogens (tertiary/aromatic N) is 3. The number of ketones is 1. The first-order chi connectivity index (χ1) is 16.8. The molecule has 2 saturated heterocycles. The van der Waals surface area contributed by atoms with Crippen LogP contribution in [0.1, 0.15) is 35.2 Å². The third-order valence-corrected chi connectivity index (χ3v) is 7.40. The smallest absolute Gasteiger partial charge is 0.322 e. The lowest BCUT2D eigenvalue weighted by Crippen LogP contribution is -2.59. The number of urea groups is 2. The van der Waals surface area contributed by atoms with Gasteiger partial charge in [-0.25, -0.2) is 18.4 Å². The van der Waals surface area contributed by atoms with E-state index >= 15 is 0 Å². The van der Waals surface area contributed by atoms with E-state index in [4.69, 9.17) is 0 Å². The van der Waals surface area contributed by atoms with Gasteiger partial charge < -0.3 is 20.4 Å². The first-order valence-corrected chi connectivity index (χ1v) is 11.7. The zero-order valence-electron chi connectivity index (χ0n) is 19.4. The minimum absolute atomic E-state index is 0.0747. The van der Waals surface area contributed by atoms with Crippen molar-refractivity contribution in [2.24, 2.45) is 0 Å². The summed E-state index contributed by atoms with van der Waals surface area (Å²) in [5.74, 6) is -0.992. The van der Waals surface area contributed by atoms with Crippen LogP contribution in [0.2, 0.25) is 0 Å². The Kier molecular flexibility index (Phi) is 5.82. The van der Waals surface area contributed by atoms with Gasteiger partial charge in [-0.05, 0) is 48.7 Å². The van der Waals surface area contributed by atoms with Crippen LogP contribution in [0.3, 0.4) is 0 Å². The zero-order valence-corrected chi connectivity index (χ0v) is 19.4. The summed E-state index contributed by atoms with van der Waals surface area (Å²) in [6, 6.07) is 8.18. The summed E-state index contributed by atoms with van der Waals surface area (Å²) in [5.41, 5.74) is 1.60. The molecular weight excluding hydrogens is 456 g/mol. The molecule has 3 aliphatic heterocycles. The second kappa shape index (κ2) is 8.83. The number of halogens is 2. The van der Waals surface area contributed by atoms with E-state index in [9.17, 15) is 23.2 Å². The molecule has 0 aromatic heterocycles. The standard InChI is InChI=1S/C25H27F2N5O3/c1-30-20-5-3-17(26)13-18(20)22(33)14-25(30)6-9-31(10-7-25)23(34)29-15-16-2-4-19(27)21(12-16)32-11-8-28-24(32)35/h2-5,12-13H,6-11,14-15H2,1H3,(H,28,35)(H,29,34). The number of carbonyl (C=O) groups excluding carboxylic acids is 3. The van der Waals surface area contributed by atoms with E-state index < -0.39 is 17.2 Å². The van der Waals surface area contributed by atoms with E-state index in [1.165, 1.54) is 23.1 Å². The Hall–Kier alpha value is -3.69. The van der Waals surface area contributed by atoms with Gasteiger partial charge in [-0.3, -0.25) is 9.69 Å². The highest BCUT2D eigenvalue weighted by Crippen LogP contribution is 2.42. The minimum Gasteiger partial charge on any atom is -0.368 e. The maximum absolute atomic E-state index is 14.3. The highest BCUT2D eigenvalue weighted by atomic mass is 19.1. The minimum atomic E-state index is -0.492. The summed E-state index contributed by atoms with van der Waals surface area (Å²) in [6.45, 7) is 1.99. The van der Waals surface area contributed by atoms with E-state index in [-0.39, 0.29) is 36.5 Å². The fourth-order valence-electron chi connectivity index (χ4n) is 5.30. The molecule has 3 aliphatic rings. The molecule has 0 bridgehead atoms. The number of carbonyl (C=O) groups is 3. The normalized spacial score (nSPS) is 19.1. The summed E-state index contributed by atoms with van der Waals surface area (Å²) in [5, 5.41) is 5.52. The predicted octanol–water partition coefficient (Wildman–Crippen LogP) is 3.26. The van der Waals surface area contributed by atoms with Crippen molar-refractivity contribution in [2.45, 2.75) is 31.3 Å². The van der Waals surface area contributed by atoms with Crippen LogP contribution >= 0.6 is 0 Å². The second-order valence-electron chi connectivity index (χ2n) is 9.36. The Morgan fingerprint density at radius 3 is 2.54 bits per heavy atom. The largest absolute Gasteiger partial charge is 0.368 e. The molecule has 10 heteroatoms. The number of hydrogen-bond donors (Lipinski definition) is 2. The lowest BCUT2D eigenvalue weighted by atomic mass is 9.77. The third kappa shape index (κ3) is 4.17. The number of hydrogen-bond acceptors (Lipinski definition) is 4. The molecule has 4 amide bonds. The van der Waals surface area contributed by atoms with Crippen LogP contribution in [0.15, 0.2) is 36.4 Å². The molecule has 2 fully saturated rings. The molecule has 5 rings (SSSR count). The Morgan fingerprint density at radius 1 is 1.06 bits per heavy atom. The van der Waals surface area contributed by atoms with E-state index in [1.807, 2.05) is 7.05 Å². The topological polar surface area (TPSA) is 85.0 Å². The molecule has 0 radical (unpaired) electrons. The van der Waals surface area contributed by atoms with Crippen molar-refractivity contribution in [3.63, 3.8) is 0 Å². The van der Waals surface area contributed by atoms with Crippen molar-refractivity contribution in [1.29, 1.82) is 0 Å². The van der Waals surface area contributed by atoms with Gasteiger partial charge in [-0.2, -0.15) is 0 Å². The van der Waals surface area contributed by atoms with Crippen molar-refractivity contribution in [3.05, 3.63) is 59.2 Å². The zero-order chi connectivity index (χ0) is 24.7. The number of benzene rings is 2. The number of Topliss-reactive ketones (excluding diaryl/α,β-unsaturated/α-hetero) is 1. The summed E-state index contributed by atoms with van der Waals surface area (Å²) in [6.07, 6.45) is 1.52. The molecule has 0 unspecified atom stereocenters. The van der Waals surface area contributed by atoms with Crippen molar-refractivity contribution in [2.75, 3.05) is 43.0 Å². The van der Waals surface area contributed by atoms with Gasteiger partial charge in [0.25, 0.3) is 0 Å². The molecule has 0 saturated carbocycles. The van der Waals surface area contributed by atoms with E-state index in [1.54, 1.807) is 23.1 Å². The number of rotatable bonds is 3. The van der Waals surface area contributed by atoms with Crippen LogP contribution < -0.4 is 20.4 Å². The average molecular weight is 484 g/mol. The maximum Gasteiger partial charge on any atom is 0.322 e. The number of anilines is 2. The number of nitrogens with one attached hydrogen (secondary N) is 2. The van der Waals surface area contributed by atoms with Gasteiger partial charge in [0.2, 0.25) is 0 Å². The first-order valence-electron chi connectivity index (χ1n) is 11.7. The Bertz CT molecular complexity index is 1200. The van der Waals surface area contributed by atoms with Crippen molar-refractivity contribution in [3.8, 4) is 0 Å². The van der Waals surface area contributed by atoms with Crippen molar-refractivity contribution >= 4 is 29.2 Å². The van der Waals surface area contributed by atoms with Gasteiger partial charge in [0, 0.05) is 57.4 Å². The predicted molar refractivity (Wildman–Crippen MR) is 127 cm³/mol. The van der Waals surface area contributed by atoms with Gasteiger partial charge in [-0.1, -0.05) is 6.07 Å². The van der Waals surface area contributed by atoms with Gasteiger partial charge in [0.05, 0.1) is 11.2 Å². The first kappa shape index (κ1) is 23.1.